The van der Waals surface area contributed by atoms with Crippen LogP contribution in [0.25, 0.3) is 0 Å². The van der Waals surface area contributed by atoms with Crippen molar-refractivity contribution in [3.05, 3.63) is 18.2 Å². The third-order valence-electron chi connectivity index (χ3n) is 3.13. The van der Waals surface area contributed by atoms with Crippen LogP contribution in [0, 0.1) is 0 Å². The standard InChI is InChI=1S/C12H22N4O/c1-17-10-5-13-3-2-6-15-8-9-16-7-4-14-12(16)11-15/h4,7,13H,2-3,5-6,8-11H2,1H3. The number of hydrogen-bond donors (Lipinski definition) is 1. The molecule has 1 aliphatic rings. The van der Waals surface area contributed by atoms with Gasteiger partial charge in [-0.1, -0.05) is 0 Å². The molecule has 0 amide bonds. The summed E-state index contributed by atoms with van der Waals surface area (Å²) in [7, 11) is 1.73. The Bertz CT molecular complexity index is 326. The number of imidazole rings is 1. The highest BCUT2D eigenvalue weighted by atomic mass is 16.5. The minimum Gasteiger partial charge on any atom is -0.383 e. The average molecular weight is 238 g/mol. The lowest BCUT2D eigenvalue weighted by Gasteiger charge is -2.27. The summed E-state index contributed by atoms with van der Waals surface area (Å²) in [6.45, 7) is 7.15. The Morgan fingerprint density at radius 2 is 2.35 bits per heavy atom. The van der Waals surface area contributed by atoms with Gasteiger partial charge in [0.15, 0.2) is 0 Å². The highest BCUT2D eigenvalue weighted by Crippen LogP contribution is 2.09. The van der Waals surface area contributed by atoms with E-state index in [0.717, 1.165) is 45.9 Å². The smallest absolute Gasteiger partial charge is 0.122 e. The fourth-order valence-corrected chi connectivity index (χ4v) is 2.14. The number of ether oxygens (including phenoxy) is 1. The Balaban J connectivity index is 1.59. The highest BCUT2D eigenvalue weighted by molar-refractivity contribution is 4.95. The molecule has 0 bridgehead atoms. The van der Waals surface area contributed by atoms with Crippen LogP contribution in [0.1, 0.15) is 12.2 Å². The summed E-state index contributed by atoms with van der Waals surface area (Å²) in [5, 5.41) is 3.37. The Morgan fingerprint density at radius 1 is 1.41 bits per heavy atom. The fraction of sp³-hybridized carbons (Fsp3) is 0.750. The highest BCUT2D eigenvalue weighted by Gasteiger charge is 2.15. The summed E-state index contributed by atoms with van der Waals surface area (Å²) in [6.07, 6.45) is 5.15. The second-order valence-electron chi connectivity index (χ2n) is 4.41. The zero-order valence-corrected chi connectivity index (χ0v) is 10.6. The molecule has 2 heterocycles. The molecule has 1 N–H and O–H groups in total. The van der Waals surface area contributed by atoms with Crippen LogP contribution in [0.2, 0.25) is 0 Å². The molecule has 0 fully saturated rings. The number of methoxy groups -OCH3 is 1. The third-order valence-corrected chi connectivity index (χ3v) is 3.13. The summed E-state index contributed by atoms with van der Waals surface area (Å²) >= 11 is 0. The van der Waals surface area contributed by atoms with Crippen LogP contribution in [-0.2, 0) is 17.8 Å². The summed E-state index contributed by atoms with van der Waals surface area (Å²) in [6, 6.07) is 0. The molecule has 0 radical (unpaired) electrons. The first-order valence-corrected chi connectivity index (χ1v) is 6.32. The van der Waals surface area contributed by atoms with E-state index < -0.39 is 0 Å². The fourth-order valence-electron chi connectivity index (χ4n) is 2.14. The molecular weight excluding hydrogens is 216 g/mol. The molecule has 1 aromatic rings. The van der Waals surface area contributed by atoms with Crippen LogP contribution in [0.3, 0.4) is 0 Å². The Labute approximate surface area is 103 Å². The Kier molecular flexibility index (Phi) is 4.97. The van der Waals surface area contributed by atoms with Gasteiger partial charge in [-0.15, -0.1) is 0 Å². The van der Waals surface area contributed by atoms with Crippen molar-refractivity contribution < 1.29 is 4.74 Å². The molecule has 1 aliphatic heterocycles. The van der Waals surface area contributed by atoms with E-state index in [-0.39, 0.29) is 0 Å². The zero-order chi connectivity index (χ0) is 11.9. The number of fused-ring (bicyclic) bond motifs is 1. The Hall–Kier alpha value is -0.910. The summed E-state index contributed by atoms with van der Waals surface area (Å²) in [5.41, 5.74) is 0. The Morgan fingerprint density at radius 3 is 3.24 bits per heavy atom. The van der Waals surface area contributed by atoms with Crippen molar-refractivity contribution in [1.82, 2.24) is 19.8 Å². The maximum absolute atomic E-state index is 4.98. The second kappa shape index (κ2) is 6.74. The van der Waals surface area contributed by atoms with E-state index in [4.69, 9.17) is 4.74 Å². The summed E-state index contributed by atoms with van der Waals surface area (Å²) < 4.78 is 7.23. The van der Waals surface area contributed by atoms with Crippen LogP contribution in [0.4, 0.5) is 0 Å². The van der Waals surface area contributed by atoms with Crippen molar-refractivity contribution >= 4 is 0 Å². The first-order valence-electron chi connectivity index (χ1n) is 6.32. The predicted molar refractivity (Wildman–Crippen MR) is 66.9 cm³/mol. The molecule has 1 aromatic heterocycles. The van der Waals surface area contributed by atoms with E-state index >= 15 is 0 Å². The van der Waals surface area contributed by atoms with Gasteiger partial charge in [0.05, 0.1) is 13.2 Å². The number of nitrogens with zero attached hydrogens (tertiary/aromatic N) is 3. The molecule has 0 unspecified atom stereocenters. The van der Waals surface area contributed by atoms with Gasteiger partial charge >= 0.3 is 0 Å². The van der Waals surface area contributed by atoms with E-state index in [2.05, 4.69) is 26.0 Å². The number of hydrogen-bond acceptors (Lipinski definition) is 4. The third kappa shape index (κ3) is 3.80. The zero-order valence-electron chi connectivity index (χ0n) is 10.6. The van der Waals surface area contributed by atoms with Gasteiger partial charge in [0, 0.05) is 39.1 Å². The molecule has 5 heteroatoms. The molecule has 5 nitrogen and oxygen atoms in total. The van der Waals surface area contributed by atoms with E-state index in [0.29, 0.717) is 0 Å². The van der Waals surface area contributed by atoms with E-state index in [9.17, 15) is 0 Å². The van der Waals surface area contributed by atoms with Crippen molar-refractivity contribution in [3.63, 3.8) is 0 Å². The predicted octanol–water partition coefficient (Wildman–Crippen LogP) is 0.325. The maximum atomic E-state index is 4.98. The molecule has 0 atom stereocenters. The number of aromatic nitrogens is 2. The van der Waals surface area contributed by atoms with Crippen molar-refractivity contribution in [1.29, 1.82) is 0 Å². The van der Waals surface area contributed by atoms with Gasteiger partial charge in [-0.3, -0.25) is 4.90 Å². The largest absolute Gasteiger partial charge is 0.383 e. The first-order chi connectivity index (χ1) is 8.40. The first kappa shape index (κ1) is 12.5. The topological polar surface area (TPSA) is 42.3 Å². The number of nitrogens with one attached hydrogen (secondary N) is 1. The van der Waals surface area contributed by atoms with E-state index in [1.54, 1.807) is 7.11 Å². The van der Waals surface area contributed by atoms with Crippen molar-refractivity contribution in [2.24, 2.45) is 0 Å². The second-order valence-corrected chi connectivity index (χ2v) is 4.41. The van der Waals surface area contributed by atoms with Crippen molar-refractivity contribution in [3.8, 4) is 0 Å². The van der Waals surface area contributed by atoms with Crippen LogP contribution < -0.4 is 5.32 Å². The summed E-state index contributed by atoms with van der Waals surface area (Å²) in [5.74, 6) is 1.20. The van der Waals surface area contributed by atoms with E-state index in [1.807, 2.05) is 6.20 Å². The van der Waals surface area contributed by atoms with Gasteiger partial charge in [0.1, 0.15) is 5.82 Å². The van der Waals surface area contributed by atoms with Gasteiger partial charge in [-0.25, -0.2) is 4.98 Å². The lowest BCUT2D eigenvalue weighted by atomic mass is 10.3. The van der Waals surface area contributed by atoms with Crippen LogP contribution in [0.15, 0.2) is 12.4 Å². The molecule has 17 heavy (non-hydrogen) atoms. The van der Waals surface area contributed by atoms with Gasteiger partial charge in [-0.2, -0.15) is 0 Å². The van der Waals surface area contributed by atoms with Gasteiger partial charge < -0.3 is 14.6 Å². The number of rotatable bonds is 7. The molecule has 0 spiro atoms. The minimum absolute atomic E-state index is 0.793. The molecule has 0 aromatic carbocycles. The van der Waals surface area contributed by atoms with Gasteiger partial charge in [0.2, 0.25) is 0 Å². The average Bonchev–Trinajstić information content (AvgIpc) is 2.81. The monoisotopic (exact) mass is 238 g/mol. The normalized spacial score (nSPS) is 16.1. The SMILES string of the molecule is COCCNCCCN1CCn2ccnc2C1. The quantitative estimate of drug-likeness (QED) is 0.695. The van der Waals surface area contributed by atoms with Crippen LogP contribution >= 0.6 is 0 Å². The molecule has 0 saturated carbocycles. The van der Waals surface area contributed by atoms with Crippen molar-refractivity contribution in [2.75, 3.05) is 39.9 Å². The molecule has 0 aliphatic carbocycles. The molecule has 96 valence electrons. The summed E-state index contributed by atoms with van der Waals surface area (Å²) in [4.78, 5) is 6.84. The van der Waals surface area contributed by atoms with Crippen molar-refractivity contribution in [2.45, 2.75) is 19.5 Å². The minimum atomic E-state index is 0.793. The van der Waals surface area contributed by atoms with Gasteiger partial charge in [0.25, 0.3) is 0 Å². The van der Waals surface area contributed by atoms with Gasteiger partial charge in [-0.05, 0) is 19.5 Å². The lowest BCUT2D eigenvalue weighted by molar-refractivity contribution is 0.195. The van der Waals surface area contributed by atoms with Crippen LogP contribution in [-0.4, -0.2) is 54.3 Å². The molecule has 2 rings (SSSR count). The van der Waals surface area contributed by atoms with E-state index in [1.165, 1.54) is 12.2 Å². The van der Waals surface area contributed by atoms with Crippen LogP contribution in [0.5, 0.6) is 0 Å². The molecular formula is C12H22N4O. The maximum Gasteiger partial charge on any atom is 0.122 e. The molecule has 0 saturated heterocycles. The lowest BCUT2D eigenvalue weighted by Crippen LogP contribution is -2.35.